The molecule has 2 fully saturated rings. The minimum absolute atomic E-state index is 0.0123. The van der Waals surface area contributed by atoms with Crippen molar-refractivity contribution in [3.8, 4) is 5.75 Å². The van der Waals surface area contributed by atoms with Crippen molar-refractivity contribution in [2.75, 3.05) is 37.6 Å². The molecule has 1 saturated carbocycles. The molecule has 0 atom stereocenters. The minimum atomic E-state index is -1.34. The van der Waals surface area contributed by atoms with Crippen LogP contribution in [0.5, 0.6) is 5.75 Å². The van der Waals surface area contributed by atoms with Gasteiger partial charge in [-0.05, 0) is 43.2 Å². The number of carbonyl (C=O) groups is 2. The van der Waals surface area contributed by atoms with Gasteiger partial charge in [-0.1, -0.05) is 0 Å². The number of Topliss-reactive ketones (excluding diaryl/α,β-unsaturated/α-hetero) is 1. The normalized spacial score (nSPS) is 16.2. The van der Waals surface area contributed by atoms with E-state index in [0.29, 0.717) is 42.8 Å². The number of benzene rings is 2. The maximum absolute atomic E-state index is 15.2. The number of aromatic nitrogens is 1. The summed E-state index contributed by atoms with van der Waals surface area (Å²) in [6, 6.07) is 8.57. The number of rotatable bonds is 6. The first-order valence-corrected chi connectivity index (χ1v) is 12.6. The summed E-state index contributed by atoms with van der Waals surface area (Å²) in [5.74, 6) is -2.40. The van der Waals surface area contributed by atoms with Gasteiger partial charge < -0.3 is 24.1 Å². The first kappa shape index (κ1) is 24.8. The molecular weight excluding hydrogens is 509 g/mol. The molecule has 0 spiro atoms. The van der Waals surface area contributed by atoms with Crippen molar-refractivity contribution in [1.82, 2.24) is 9.47 Å². The van der Waals surface area contributed by atoms with Gasteiger partial charge in [-0.2, -0.15) is 0 Å². The van der Waals surface area contributed by atoms with Gasteiger partial charge >= 0.3 is 11.6 Å². The molecule has 1 aliphatic carbocycles. The highest BCUT2D eigenvalue weighted by Gasteiger charge is 2.29. The van der Waals surface area contributed by atoms with Crippen LogP contribution in [-0.2, 0) is 0 Å². The van der Waals surface area contributed by atoms with Gasteiger partial charge in [0.15, 0.2) is 5.78 Å². The zero-order valence-electron chi connectivity index (χ0n) is 20.7. The van der Waals surface area contributed by atoms with E-state index in [9.17, 15) is 29.4 Å². The largest absolute Gasteiger partial charge is 0.508 e. The van der Waals surface area contributed by atoms with Crippen LogP contribution in [0.1, 0.15) is 39.6 Å². The molecule has 0 bridgehead atoms. The number of ketones is 1. The predicted molar refractivity (Wildman–Crippen MR) is 141 cm³/mol. The molecule has 0 unspecified atom stereocenters. The third kappa shape index (κ3) is 4.54. The molecule has 10 nitrogen and oxygen atoms in total. The lowest BCUT2D eigenvalue weighted by Gasteiger charge is -2.36. The number of phenolic OH excluding ortho intramolecular Hbond substituents is 1. The quantitative estimate of drug-likeness (QED) is 0.283. The summed E-state index contributed by atoms with van der Waals surface area (Å²) in [4.78, 5) is 53.3. The monoisotopic (exact) mass is 533 g/mol. The van der Waals surface area contributed by atoms with Crippen LogP contribution in [0.4, 0.5) is 10.1 Å². The molecule has 6 rings (SSSR count). The molecule has 2 aliphatic rings. The number of carbonyl (C=O) groups excluding carboxylic acids is 1. The van der Waals surface area contributed by atoms with Crippen LogP contribution in [0.25, 0.3) is 21.9 Å². The summed E-state index contributed by atoms with van der Waals surface area (Å²) >= 11 is 0. The van der Waals surface area contributed by atoms with Crippen molar-refractivity contribution in [1.29, 1.82) is 0 Å². The van der Waals surface area contributed by atoms with E-state index in [2.05, 4.69) is 0 Å². The summed E-state index contributed by atoms with van der Waals surface area (Å²) in [7, 11) is 0. The van der Waals surface area contributed by atoms with Crippen molar-refractivity contribution in [2.45, 2.75) is 18.9 Å². The molecule has 3 heterocycles. The summed E-state index contributed by atoms with van der Waals surface area (Å²) in [5.41, 5.74) is -0.940. The number of hydrogen-bond acceptors (Lipinski definition) is 8. The smallest absolute Gasteiger partial charge is 0.347 e. The highest BCUT2D eigenvalue weighted by molar-refractivity contribution is 5.99. The molecule has 1 saturated heterocycles. The highest BCUT2D eigenvalue weighted by Crippen LogP contribution is 2.38. The number of halogens is 1. The number of pyridine rings is 1. The van der Waals surface area contributed by atoms with E-state index in [1.54, 1.807) is 16.7 Å². The first-order valence-electron chi connectivity index (χ1n) is 12.6. The van der Waals surface area contributed by atoms with Gasteiger partial charge in [0.1, 0.15) is 28.3 Å². The number of piperazine rings is 1. The molecule has 11 heteroatoms. The maximum Gasteiger partial charge on any atom is 0.347 e. The lowest BCUT2D eigenvalue weighted by atomic mass is 10.1. The van der Waals surface area contributed by atoms with E-state index < -0.39 is 28.6 Å². The number of phenols is 1. The minimum Gasteiger partial charge on any atom is -0.508 e. The lowest BCUT2D eigenvalue weighted by molar-refractivity contribution is 0.0694. The molecule has 2 N–H and O–H groups in total. The van der Waals surface area contributed by atoms with Crippen LogP contribution in [0.3, 0.4) is 0 Å². The second-order valence-corrected chi connectivity index (χ2v) is 9.99. The van der Waals surface area contributed by atoms with E-state index >= 15 is 4.39 Å². The molecule has 0 radical (unpaired) electrons. The van der Waals surface area contributed by atoms with Gasteiger partial charge in [0.2, 0.25) is 5.43 Å². The summed E-state index contributed by atoms with van der Waals surface area (Å²) < 4.78 is 22.2. The van der Waals surface area contributed by atoms with Gasteiger partial charge in [0.05, 0.1) is 17.7 Å². The Hall–Kier alpha value is -4.51. The number of carboxylic acids is 1. The average molecular weight is 534 g/mol. The lowest BCUT2D eigenvalue weighted by Crippen LogP contribution is -2.48. The summed E-state index contributed by atoms with van der Waals surface area (Å²) in [6.07, 6.45) is 3.06. The fraction of sp³-hybridized carbons (Fsp3) is 0.286. The van der Waals surface area contributed by atoms with Gasteiger partial charge in [-0.3, -0.25) is 14.5 Å². The number of carboxylic acid groups (broad SMARTS) is 1. The molecule has 200 valence electrons. The Morgan fingerprint density at radius 2 is 1.74 bits per heavy atom. The van der Waals surface area contributed by atoms with Crippen molar-refractivity contribution >= 4 is 39.3 Å². The van der Waals surface area contributed by atoms with Crippen molar-refractivity contribution in [2.24, 2.45) is 0 Å². The van der Waals surface area contributed by atoms with Crippen LogP contribution >= 0.6 is 0 Å². The zero-order valence-corrected chi connectivity index (χ0v) is 20.7. The molecule has 1 aliphatic heterocycles. The molecular formula is C28H24FN3O7. The fourth-order valence-corrected chi connectivity index (χ4v) is 5.14. The number of aromatic carboxylic acids is 1. The third-order valence-electron chi connectivity index (χ3n) is 7.37. The van der Waals surface area contributed by atoms with Crippen LogP contribution in [0.15, 0.2) is 56.6 Å². The van der Waals surface area contributed by atoms with Crippen molar-refractivity contribution < 1.29 is 28.6 Å². The molecule has 2 aromatic carbocycles. The number of fused-ring (bicyclic) bond motifs is 2. The van der Waals surface area contributed by atoms with Gasteiger partial charge in [0, 0.05) is 55.3 Å². The maximum atomic E-state index is 15.2. The topological polar surface area (TPSA) is 133 Å². The van der Waals surface area contributed by atoms with E-state index in [1.807, 2.05) is 9.80 Å². The Morgan fingerprint density at radius 1 is 1.00 bits per heavy atom. The van der Waals surface area contributed by atoms with Gasteiger partial charge in [0.25, 0.3) is 0 Å². The van der Waals surface area contributed by atoms with E-state index in [4.69, 9.17) is 4.42 Å². The number of anilines is 1. The molecule has 2 aromatic heterocycles. The first-order chi connectivity index (χ1) is 18.7. The Balaban J connectivity index is 1.21. The Labute approximate surface area is 220 Å². The van der Waals surface area contributed by atoms with E-state index in [1.165, 1.54) is 24.4 Å². The SMILES string of the molecule is O=C(CN1CCN(c2cc3c(cc2F)c(=O)c(C(=O)O)cn3C2CC2)CC1)c1cc2ccc(O)cc2oc1=O. The third-order valence-corrected chi connectivity index (χ3v) is 7.37. The van der Waals surface area contributed by atoms with Crippen LogP contribution in [0, 0.1) is 5.82 Å². The highest BCUT2D eigenvalue weighted by atomic mass is 19.1. The van der Waals surface area contributed by atoms with Crippen LogP contribution in [0.2, 0.25) is 0 Å². The van der Waals surface area contributed by atoms with E-state index in [-0.39, 0.29) is 40.4 Å². The molecule has 39 heavy (non-hydrogen) atoms. The second kappa shape index (κ2) is 9.35. The second-order valence-electron chi connectivity index (χ2n) is 9.99. The predicted octanol–water partition coefficient (Wildman–Crippen LogP) is 2.99. The van der Waals surface area contributed by atoms with Crippen LogP contribution in [-0.4, -0.2) is 64.2 Å². The average Bonchev–Trinajstić information content (AvgIpc) is 3.74. The van der Waals surface area contributed by atoms with Crippen LogP contribution < -0.4 is 16.0 Å². The number of nitrogens with zero attached hydrogens (tertiary/aromatic N) is 3. The van der Waals surface area contributed by atoms with Crippen molar-refractivity contribution in [3.05, 3.63) is 80.2 Å². The summed E-state index contributed by atoms with van der Waals surface area (Å²) in [5, 5.41) is 19.6. The molecule has 0 amide bonds. The number of aromatic hydroxyl groups is 1. The Morgan fingerprint density at radius 3 is 2.44 bits per heavy atom. The standard InChI is InChI=1S/C28H24FN3O7/c29-21-11-18-22(32(16-2-3-16)13-20(26(18)35)27(36)37)12-23(21)31-7-5-30(6-8-31)14-24(34)19-9-15-1-4-17(33)10-25(15)39-28(19)38/h1,4,9-13,16,33H,2-3,5-8,14H2,(H,36,37). The molecule has 4 aromatic rings. The fourth-order valence-electron chi connectivity index (χ4n) is 5.14. The number of hydrogen-bond donors (Lipinski definition) is 2. The van der Waals surface area contributed by atoms with Gasteiger partial charge in [-0.25, -0.2) is 14.0 Å². The Bertz CT molecular complexity index is 1780. The zero-order chi connectivity index (χ0) is 27.4. The van der Waals surface area contributed by atoms with Crippen molar-refractivity contribution in [3.63, 3.8) is 0 Å². The van der Waals surface area contributed by atoms with E-state index in [0.717, 1.165) is 18.9 Å². The van der Waals surface area contributed by atoms with Gasteiger partial charge in [-0.15, -0.1) is 0 Å². The Kier molecular flexibility index (Phi) is 5.95. The summed E-state index contributed by atoms with van der Waals surface area (Å²) in [6.45, 7) is 1.67.